The van der Waals surface area contributed by atoms with Gasteiger partial charge < -0.3 is 5.32 Å². The van der Waals surface area contributed by atoms with E-state index in [0.717, 1.165) is 17.3 Å². The molecule has 1 saturated heterocycles. The van der Waals surface area contributed by atoms with Gasteiger partial charge in [-0.1, -0.05) is 34.1 Å². The molecule has 1 heterocycles. The zero-order valence-electron chi connectivity index (χ0n) is 10.4. The Labute approximate surface area is 117 Å². The van der Waals surface area contributed by atoms with Crippen LogP contribution in [0.4, 0.5) is 0 Å². The zero-order valence-corrected chi connectivity index (χ0v) is 12.8. The van der Waals surface area contributed by atoms with Crippen molar-refractivity contribution in [1.82, 2.24) is 5.32 Å². The van der Waals surface area contributed by atoms with Crippen molar-refractivity contribution in [2.24, 2.45) is 0 Å². The number of halogens is 1. The number of sulfone groups is 1. The summed E-state index contributed by atoms with van der Waals surface area (Å²) < 4.78 is 23.8. The minimum absolute atomic E-state index is 0.228. The maximum atomic E-state index is 11.4. The molecule has 0 spiro atoms. The molecule has 2 rings (SSSR count). The summed E-state index contributed by atoms with van der Waals surface area (Å²) in [5.41, 5.74) is 1.21. The van der Waals surface area contributed by atoms with Gasteiger partial charge in [0, 0.05) is 16.6 Å². The van der Waals surface area contributed by atoms with Crippen molar-refractivity contribution in [2.45, 2.75) is 31.8 Å². The normalized spacial score (nSPS) is 21.7. The van der Waals surface area contributed by atoms with E-state index < -0.39 is 9.84 Å². The lowest BCUT2D eigenvalue weighted by Crippen LogP contribution is -2.38. The van der Waals surface area contributed by atoms with Crippen LogP contribution in [0.3, 0.4) is 0 Å². The first-order chi connectivity index (χ1) is 8.48. The highest BCUT2D eigenvalue weighted by Crippen LogP contribution is 2.24. The van der Waals surface area contributed by atoms with Crippen LogP contribution in [0.25, 0.3) is 0 Å². The highest BCUT2D eigenvalue weighted by atomic mass is 79.9. The molecule has 0 bridgehead atoms. The van der Waals surface area contributed by atoms with E-state index >= 15 is 0 Å². The van der Waals surface area contributed by atoms with Gasteiger partial charge in [0.25, 0.3) is 0 Å². The minimum atomic E-state index is -2.77. The van der Waals surface area contributed by atoms with Crippen molar-refractivity contribution < 1.29 is 8.42 Å². The predicted molar refractivity (Wildman–Crippen MR) is 77.4 cm³/mol. The SMILES string of the molecule is CC(NC1CCS(=O)(=O)CC1)c1ccccc1Br. The molecule has 1 aromatic rings. The summed E-state index contributed by atoms with van der Waals surface area (Å²) in [7, 11) is -2.77. The van der Waals surface area contributed by atoms with Crippen LogP contribution in [0.5, 0.6) is 0 Å². The Morgan fingerprint density at radius 2 is 1.89 bits per heavy atom. The molecule has 1 fully saturated rings. The van der Waals surface area contributed by atoms with Gasteiger partial charge in [-0.15, -0.1) is 0 Å². The average molecular weight is 332 g/mol. The number of hydrogen-bond donors (Lipinski definition) is 1. The minimum Gasteiger partial charge on any atom is -0.307 e. The van der Waals surface area contributed by atoms with Gasteiger partial charge in [-0.25, -0.2) is 8.42 Å². The Bertz CT molecular complexity index is 501. The third-order valence-corrected chi connectivity index (χ3v) is 5.85. The first kappa shape index (κ1) is 14.0. The molecule has 1 N–H and O–H groups in total. The molecule has 1 unspecified atom stereocenters. The molecule has 100 valence electrons. The van der Waals surface area contributed by atoms with Crippen LogP contribution in [0.1, 0.15) is 31.4 Å². The first-order valence-electron chi connectivity index (χ1n) is 6.19. The number of nitrogens with one attached hydrogen (secondary N) is 1. The summed E-state index contributed by atoms with van der Waals surface area (Å²) in [6.45, 7) is 2.11. The molecule has 0 aliphatic carbocycles. The Morgan fingerprint density at radius 1 is 1.28 bits per heavy atom. The lowest BCUT2D eigenvalue weighted by molar-refractivity contribution is 0.419. The van der Waals surface area contributed by atoms with Gasteiger partial charge in [-0.3, -0.25) is 0 Å². The van der Waals surface area contributed by atoms with E-state index in [9.17, 15) is 8.42 Å². The molecule has 1 atom stereocenters. The summed E-state index contributed by atoms with van der Waals surface area (Å²) in [5.74, 6) is 0.626. The van der Waals surface area contributed by atoms with Crippen LogP contribution in [-0.2, 0) is 9.84 Å². The van der Waals surface area contributed by atoms with E-state index in [1.807, 2.05) is 18.2 Å². The van der Waals surface area contributed by atoms with Crippen molar-refractivity contribution in [3.63, 3.8) is 0 Å². The molecule has 0 aromatic heterocycles. The Morgan fingerprint density at radius 3 is 2.50 bits per heavy atom. The molecular weight excluding hydrogens is 314 g/mol. The highest BCUT2D eigenvalue weighted by molar-refractivity contribution is 9.10. The van der Waals surface area contributed by atoms with Crippen LogP contribution in [0.15, 0.2) is 28.7 Å². The van der Waals surface area contributed by atoms with Gasteiger partial charge in [-0.2, -0.15) is 0 Å². The largest absolute Gasteiger partial charge is 0.307 e. The van der Waals surface area contributed by atoms with Gasteiger partial charge in [0.2, 0.25) is 0 Å². The number of hydrogen-bond acceptors (Lipinski definition) is 3. The average Bonchev–Trinajstić information content (AvgIpc) is 2.32. The summed E-state index contributed by atoms with van der Waals surface area (Å²) >= 11 is 3.54. The standard InChI is InChI=1S/C13H18BrNO2S/c1-10(12-4-2-3-5-13(12)14)15-11-6-8-18(16,17)9-7-11/h2-5,10-11,15H,6-9H2,1H3. The van der Waals surface area contributed by atoms with Crippen LogP contribution in [-0.4, -0.2) is 26.0 Å². The van der Waals surface area contributed by atoms with E-state index in [2.05, 4.69) is 34.2 Å². The summed E-state index contributed by atoms with van der Waals surface area (Å²) in [6.07, 6.45) is 1.44. The van der Waals surface area contributed by atoms with Gasteiger partial charge in [-0.05, 0) is 31.4 Å². The topological polar surface area (TPSA) is 46.2 Å². The number of benzene rings is 1. The van der Waals surface area contributed by atoms with Crippen molar-refractivity contribution >= 4 is 25.8 Å². The third kappa shape index (κ3) is 3.56. The maximum Gasteiger partial charge on any atom is 0.150 e. The summed E-state index contributed by atoms with van der Waals surface area (Å²) in [5, 5.41) is 3.52. The van der Waals surface area contributed by atoms with Crippen LogP contribution >= 0.6 is 15.9 Å². The molecule has 5 heteroatoms. The van der Waals surface area contributed by atoms with Crippen molar-refractivity contribution in [1.29, 1.82) is 0 Å². The van der Waals surface area contributed by atoms with Crippen molar-refractivity contribution in [3.05, 3.63) is 34.3 Å². The summed E-state index contributed by atoms with van der Waals surface area (Å²) in [6, 6.07) is 8.65. The van der Waals surface area contributed by atoms with Crippen LogP contribution in [0, 0.1) is 0 Å². The monoisotopic (exact) mass is 331 g/mol. The van der Waals surface area contributed by atoms with Crippen molar-refractivity contribution in [2.75, 3.05) is 11.5 Å². The third-order valence-electron chi connectivity index (χ3n) is 3.41. The van der Waals surface area contributed by atoms with E-state index in [0.29, 0.717) is 17.5 Å². The molecular formula is C13H18BrNO2S. The fourth-order valence-electron chi connectivity index (χ4n) is 2.33. The van der Waals surface area contributed by atoms with E-state index in [-0.39, 0.29) is 6.04 Å². The molecule has 3 nitrogen and oxygen atoms in total. The smallest absolute Gasteiger partial charge is 0.150 e. The van der Waals surface area contributed by atoms with Gasteiger partial charge in [0.05, 0.1) is 11.5 Å². The molecule has 0 amide bonds. The van der Waals surface area contributed by atoms with Crippen LogP contribution < -0.4 is 5.32 Å². The molecule has 18 heavy (non-hydrogen) atoms. The van der Waals surface area contributed by atoms with Gasteiger partial charge in [0.15, 0.2) is 0 Å². The fourth-order valence-corrected chi connectivity index (χ4v) is 4.45. The maximum absolute atomic E-state index is 11.4. The van der Waals surface area contributed by atoms with E-state index in [4.69, 9.17) is 0 Å². The molecule has 0 saturated carbocycles. The molecule has 0 radical (unpaired) electrons. The second-order valence-electron chi connectivity index (χ2n) is 4.84. The Kier molecular flexibility index (Phi) is 4.45. The summed E-state index contributed by atoms with van der Waals surface area (Å²) in [4.78, 5) is 0. The van der Waals surface area contributed by atoms with Gasteiger partial charge >= 0.3 is 0 Å². The zero-order chi connectivity index (χ0) is 13.2. The van der Waals surface area contributed by atoms with Crippen LogP contribution in [0.2, 0.25) is 0 Å². The Hall–Kier alpha value is -0.390. The van der Waals surface area contributed by atoms with E-state index in [1.165, 1.54) is 5.56 Å². The first-order valence-corrected chi connectivity index (χ1v) is 8.80. The lowest BCUT2D eigenvalue weighted by atomic mass is 10.1. The lowest BCUT2D eigenvalue weighted by Gasteiger charge is -2.27. The molecule has 1 aliphatic heterocycles. The van der Waals surface area contributed by atoms with Crippen molar-refractivity contribution in [3.8, 4) is 0 Å². The second-order valence-corrected chi connectivity index (χ2v) is 7.99. The predicted octanol–water partition coefficient (Wildman–Crippen LogP) is 2.68. The quantitative estimate of drug-likeness (QED) is 0.926. The molecule has 1 aliphatic rings. The fraction of sp³-hybridized carbons (Fsp3) is 0.538. The second kappa shape index (κ2) is 5.72. The van der Waals surface area contributed by atoms with E-state index in [1.54, 1.807) is 0 Å². The highest BCUT2D eigenvalue weighted by Gasteiger charge is 2.24. The Balaban J connectivity index is 1.97. The molecule has 1 aromatic carbocycles. The number of rotatable bonds is 3. The van der Waals surface area contributed by atoms with Gasteiger partial charge in [0.1, 0.15) is 9.84 Å².